The Kier molecular flexibility index (Phi) is 3.07. The third kappa shape index (κ3) is 2.08. The minimum atomic E-state index is -2.28. The Balaban J connectivity index is 3.13. The maximum Gasteiger partial charge on any atom is 0.219 e. The van der Waals surface area contributed by atoms with E-state index in [-0.39, 0.29) is 11.3 Å². The van der Waals surface area contributed by atoms with Gasteiger partial charge in [-0.3, -0.25) is 11.7 Å². The smallest absolute Gasteiger partial charge is 0.219 e. The fraction of sp³-hybridized carbons (Fsp3) is 0.167. The molecule has 0 bridgehead atoms. The number of nitrogens with two attached hydrogens (primary N) is 2. The SMILES string of the molecule is NNC1=CC=C(NN)C(=S(=O)=O)C1. The van der Waals surface area contributed by atoms with Crippen LogP contribution in [0.5, 0.6) is 0 Å². The van der Waals surface area contributed by atoms with Gasteiger partial charge in [-0.2, -0.15) is 8.42 Å². The summed E-state index contributed by atoms with van der Waals surface area (Å²) in [5.41, 5.74) is 5.69. The second-order valence-electron chi connectivity index (χ2n) is 2.40. The van der Waals surface area contributed by atoms with Crippen molar-refractivity contribution >= 4 is 15.2 Å². The van der Waals surface area contributed by atoms with Gasteiger partial charge < -0.3 is 10.9 Å². The third-order valence-corrected chi connectivity index (χ3v) is 2.41. The zero-order valence-corrected chi connectivity index (χ0v) is 7.56. The third-order valence-electron chi connectivity index (χ3n) is 1.64. The van der Waals surface area contributed by atoms with Gasteiger partial charge in [-0.05, 0) is 12.2 Å². The van der Waals surface area contributed by atoms with Gasteiger partial charge in [0.15, 0.2) is 0 Å². The molecule has 1 rings (SSSR count). The molecule has 6 N–H and O–H groups in total. The van der Waals surface area contributed by atoms with Gasteiger partial charge in [0.2, 0.25) is 10.3 Å². The predicted molar refractivity (Wildman–Crippen MR) is 49.4 cm³/mol. The van der Waals surface area contributed by atoms with Gasteiger partial charge in [-0.15, -0.1) is 0 Å². The lowest BCUT2D eigenvalue weighted by Crippen LogP contribution is -2.32. The highest BCUT2D eigenvalue weighted by atomic mass is 32.2. The second kappa shape index (κ2) is 4.08. The molecule has 13 heavy (non-hydrogen) atoms. The largest absolute Gasteiger partial charge is 0.328 e. The highest BCUT2D eigenvalue weighted by Gasteiger charge is 2.13. The van der Waals surface area contributed by atoms with E-state index < -0.39 is 10.3 Å². The first-order valence-electron chi connectivity index (χ1n) is 3.48. The molecule has 0 spiro atoms. The summed E-state index contributed by atoms with van der Waals surface area (Å²) in [6.07, 6.45) is 3.43. The lowest BCUT2D eigenvalue weighted by Gasteiger charge is -2.13. The molecule has 0 heterocycles. The monoisotopic (exact) mass is 202 g/mol. The molecule has 0 aromatic rings. The summed E-state index contributed by atoms with van der Waals surface area (Å²) in [4.78, 5) is 0.193. The standard InChI is InChI=1S/C6H10N4O2S/c7-9-4-1-2-5(10-8)6(3-4)13(11)12/h1-2,9-10H,3,7-8H2. The van der Waals surface area contributed by atoms with Crippen molar-refractivity contribution in [2.45, 2.75) is 6.42 Å². The normalized spacial score (nSPS) is 16.0. The number of rotatable bonds is 2. The van der Waals surface area contributed by atoms with E-state index in [9.17, 15) is 8.42 Å². The van der Waals surface area contributed by atoms with E-state index in [1.165, 1.54) is 0 Å². The van der Waals surface area contributed by atoms with Crippen molar-refractivity contribution in [2.24, 2.45) is 11.7 Å². The summed E-state index contributed by atoms with van der Waals surface area (Å²) in [5, 5.41) is 0. The van der Waals surface area contributed by atoms with E-state index in [2.05, 4.69) is 10.9 Å². The molecule has 7 heteroatoms. The number of allylic oxidation sites excluding steroid dienone is 4. The maximum absolute atomic E-state index is 10.7. The predicted octanol–water partition coefficient (Wildman–Crippen LogP) is -1.86. The van der Waals surface area contributed by atoms with Gasteiger partial charge in [0.25, 0.3) is 0 Å². The molecule has 0 aliphatic heterocycles. The topological polar surface area (TPSA) is 110 Å². The number of nitrogens with one attached hydrogen (secondary N) is 2. The lowest BCUT2D eigenvalue weighted by molar-refractivity contribution is 0.626. The van der Waals surface area contributed by atoms with Crippen LogP contribution in [-0.2, 0) is 10.3 Å². The summed E-state index contributed by atoms with van der Waals surface area (Å²) in [5.74, 6) is 10.3. The molecule has 0 fully saturated rings. The number of hydrogen-bond acceptors (Lipinski definition) is 6. The van der Waals surface area contributed by atoms with E-state index in [0.717, 1.165) is 0 Å². The van der Waals surface area contributed by atoms with Gasteiger partial charge in [0.05, 0.1) is 5.70 Å². The Morgan fingerprint density at radius 1 is 1.23 bits per heavy atom. The van der Waals surface area contributed by atoms with Gasteiger partial charge in [-0.25, -0.2) is 0 Å². The molecule has 6 nitrogen and oxygen atoms in total. The lowest BCUT2D eigenvalue weighted by atomic mass is 10.1. The molecule has 0 unspecified atom stereocenters. The minimum Gasteiger partial charge on any atom is -0.328 e. The van der Waals surface area contributed by atoms with E-state index >= 15 is 0 Å². The summed E-state index contributed by atoms with van der Waals surface area (Å²) in [6.45, 7) is 0. The Hall–Kier alpha value is -1.31. The molecule has 0 atom stereocenters. The number of hydrogen-bond donors (Lipinski definition) is 4. The van der Waals surface area contributed by atoms with E-state index in [1.54, 1.807) is 12.2 Å². The summed E-state index contributed by atoms with van der Waals surface area (Å²) >= 11 is 0. The molecule has 0 saturated heterocycles. The first kappa shape index (κ1) is 9.78. The van der Waals surface area contributed by atoms with Crippen LogP contribution >= 0.6 is 0 Å². The van der Waals surface area contributed by atoms with Gasteiger partial charge >= 0.3 is 0 Å². The average molecular weight is 202 g/mol. The molecular formula is C6H10N4O2S. The molecule has 0 amide bonds. The zero-order valence-electron chi connectivity index (χ0n) is 6.74. The molecule has 1 aliphatic carbocycles. The molecule has 0 aromatic carbocycles. The molecule has 1 aliphatic rings. The first-order valence-corrected chi connectivity index (χ1v) is 4.56. The Morgan fingerprint density at radius 3 is 2.38 bits per heavy atom. The molecule has 0 saturated carbocycles. The van der Waals surface area contributed by atoms with Crippen LogP contribution in [0.4, 0.5) is 0 Å². The van der Waals surface area contributed by atoms with Crippen LogP contribution in [0.15, 0.2) is 23.5 Å². The van der Waals surface area contributed by atoms with Crippen molar-refractivity contribution in [3.8, 4) is 0 Å². The summed E-state index contributed by atoms with van der Waals surface area (Å²) in [6, 6.07) is 0. The van der Waals surface area contributed by atoms with Gasteiger partial charge in [0, 0.05) is 12.1 Å². The fourth-order valence-electron chi connectivity index (χ4n) is 0.980. The van der Waals surface area contributed by atoms with Crippen LogP contribution in [0.25, 0.3) is 0 Å². The second-order valence-corrected chi connectivity index (χ2v) is 3.36. The molecule has 0 radical (unpaired) electrons. The van der Waals surface area contributed by atoms with Gasteiger partial charge in [0.1, 0.15) is 4.86 Å². The van der Waals surface area contributed by atoms with Crippen LogP contribution in [0.3, 0.4) is 0 Å². The Bertz CT molecular complexity index is 385. The van der Waals surface area contributed by atoms with Crippen molar-refractivity contribution in [3.05, 3.63) is 23.5 Å². The highest BCUT2D eigenvalue weighted by molar-refractivity contribution is 7.73. The Labute approximate surface area is 76.8 Å². The van der Waals surface area contributed by atoms with E-state index in [1.807, 2.05) is 0 Å². The average Bonchev–Trinajstić information content (AvgIpc) is 2.16. The maximum atomic E-state index is 10.7. The van der Waals surface area contributed by atoms with E-state index in [4.69, 9.17) is 11.7 Å². The Morgan fingerprint density at radius 2 is 1.92 bits per heavy atom. The molecular weight excluding hydrogens is 192 g/mol. The van der Waals surface area contributed by atoms with Crippen molar-refractivity contribution in [1.29, 1.82) is 0 Å². The van der Waals surface area contributed by atoms with Crippen LogP contribution in [0, 0.1) is 0 Å². The van der Waals surface area contributed by atoms with E-state index in [0.29, 0.717) is 11.4 Å². The number of hydrazine groups is 2. The molecule has 72 valence electrons. The fourth-order valence-corrected chi connectivity index (χ4v) is 1.56. The van der Waals surface area contributed by atoms with Crippen molar-refractivity contribution in [3.63, 3.8) is 0 Å². The van der Waals surface area contributed by atoms with Gasteiger partial charge in [-0.1, -0.05) is 0 Å². The quantitative estimate of drug-likeness (QED) is 0.237. The summed E-state index contributed by atoms with van der Waals surface area (Å²) < 4.78 is 21.4. The first-order chi connectivity index (χ1) is 6.19. The van der Waals surface area contributed by atoms with Crippen LogP contribution in [-0.4, -0.2) is 13.3 Å². The van der Waals surface area contributed by atoms with Crippen molar-refractivity contribution in [2.75, 3.05) is 0 Å². The van der Waals surface area contributed by atoms with Crippen molar-refractivity contribution in [1.82, 2.24) is 10.9 Å². The van der Waals surface area contributed by atoms with Crippen LogP contribution in [0.1, 0.15) is 6.42 Å². The van der Waals surface area contributed by atoms with Crippen molar-refractivity contribution < 1.29 is 8.42 Å². The minimum absolute atomic E-state index is 0.193. The van der Waals surface area contributed by atoms with Crippen LogP contribution in [0.2, 0.25) is 0 Å². The van der Waals surface area contributed by atoms with Crippen LogP contribution < -0.4 is 22.5 Å². The zero-order chi connectivity index (χ0) is 9.84. The highest BCUT2D eigenvalue weighted by Crippen LogP contribution is 2.09. The molecule has 0 aromatic heterocycles. The summed E-state index contributed by atoms with van der Waals surface area (Å²) in [7, 11) is -2.28.